The fourth-order valence-corrected chi connectivity index (χ4v) is 2.96. The summed E-state index contributed by atoms with van der Waals surface area (Å²) in [5.41, 5.74) is 10.8. The van der Waals surface area contributed by atoms with Crippen LogP contribution in [-0.2, 0) is 19.4 Å². The van der Waals surface area contributed by atoms with E-state index in [4.69, 9.17) is 10.5 Å². The number of rotatable bonds is 4. The first-order valence-electron chi connectivity index (χ1n) is 7.93. The summed E-state index contributed by atoms with van der Waals surface area (Å²) in [6.07, 6.45) is 8.35. The van der Waals surface area contributed by atoms with Crippen LogP contribution in [0.1, 0.15) is 23.4 Å². The molecule has 0 atom stereocenters. The molecule has 0 aromatic carbocycles. The summed E-state index contributed by atoms with van der Waals surface area (Å²) in [6.45, 7) is 0.393. The van der Waals surface area contributed by atoms with Crippen molar-refractivity contribution >= 4 is 5.95 Å². The summed E-state index contributed by atoms with van der Waals surface area (Å²) in [4.78, 5) is 17.1. The van der Waals surface area contributed by atoms with Crippen LogP contribution in [0.5, 0.6) is 5.88 Å². The summed E-state index contributed by atoms with van der Waals surface area (Å²) in [6, 6.07) is 7.72. The minimum Gasteiger partial charge on any atom is -0.471 e. The maximum absolute atomic E-state index is 5.86. The monoisotopic (exact) mass is 319 g/mol. The predicted octanol–water partition coefficient (Wildman–Crippen LogP) is 2.58. The van der Waals surface area contributed by atoms with Crippen LogP contribution in [0, 0.1) is 0 Å². The van der Waals surface area contributed by atoms with Crippen molar-refractivity contribution < 1.29 is 4.74 Å². The number of pyridine rings is 2. The van der Waals surface area contributed by atoms with Gasteiger partial charge in [-0.25, -0.2) is 15.0 Å². The van der Waals surface area contributed by atoms with E-state index >= 15 is 0 Å². The lowest BCUT2D eigenvalue weighted by Crippen LogP contribution is -2.02. The molecule has 0 spiro atoms. The lowest BCUT2D eigenvalue weighted by atomic mass is 10.0. The molecule has 0 saturated heterocycles. The van der Waals surface area contributed by atoms with Gasteiger partial charge in [0.2, 0.25) is 11.8 Å². The van der Waals surface area contributed by atoms with E-state index in [1.807, 2.05) is 24.3 Å². The number of nitrogen functional groups attached to an aromatic ring is 1. The molecule has 0 amide bonds. The maximum atomic E-state index is 5.86. The van der Waals surface area contributed by atoms with Crippen LogP contribution in [0.3, 0.4) is 0 Å². The van der Waals surface area contributed by atoms with Gasteiger partial charge in [-0.3, -0.25) is 4.98 Å². The van der Waals surface area contributed by atoms with E-state index in [1.54, 1.807) is 18.6 Å². The molecular formula is C18H17N5O. The number of hydrogen-bond donors (Lipinski definition) is 1. The van der Waals surface area contributed by atoms with Gasteiger partial charge < -0.3 is 10.5 Å². The molecule has 0 saturated carbocycles. The van der Waals surface area contributed by atoms with Crippen LogP contribution in [0.4, 0.5) is 5.95 Å². The van der Waals surface area contributed by atoms with Crippen molar-refractivity contribution in [3.63, 3.8) is 0 Å². The average Bonchev–Trinajstić information content (AvgIpc) is 3.09. The van der Waals surface area contributed by atoms with Crippen LogP contribution < -0.4 is 10.5 Å². The zero-order valence-corrected chi connectivity index (χ0v) is 13.1. The molecule has 4 rings (SSSR count). The SMILES string of the molecule is Nc1ncc(-c2cc(OCc3ccccn3)nc3c2CCC3)cn1. The second-order valence-electron chi connectivity index (χ2n) is 5.73. The van der Waals surface area contributed by atoms with E-state index in [1.165, 1.54) is 5.56 Å². The molecule has 0 unspecified atom stereocenters. The molecule has 0 fully saturated rings. The van der Waals surface area contributed by atoms with E-state index in [-0.39, 0.29) is 5.95 Å². The smallest absolute Gasteiger partial charge is 0.219 e. The Bertz CT molecular complexity index is 849. The third-order valence-corrected chi connectivity index (χ3v) is 4.10. The normalized spacial score (nSPS) is 12.8. The molecule has 1 aliphatic carbocycles. The van der Waals surface area contributed by atoms with Crippen LogP contribution in [0.2, 0.25) is 0 Å². The minimum atomic E-state index is 0.274. The predicted molar refractivity (Wildman–Crippen MR) is 90.3 cm³/mol. The Balaban J connectivity index is 1.66. The van der Waals surface area contributed by atoms with E-state index in [0.717, 1.165) is 41.8 Å². The first-order valence-corrected chi connectivity index (χ1v) is 7.93. The van der Waals surface area contributed by atoms with Gasteiger partial charge in [0.15, 0.2) is 0 Å². The Morgan fingerprint density at radius 2 is 1.96 bits per heavy atom. The highest BCUT2D eigenvalue weighted by molar-refractivity contribution is 5.69. The molecule has 0 aliphatic heterocycles. The number of anilines is 1. The zero-order valence-electron chi connectivity index (χ0n) is 13.1. The molecule has 3 aromatic heterocycles. The standard InChI is InChI=1S/C18H17N5O/c19-18-21-9-12(10-22-18)15-8-17(23-16-6-3-5-14(15)16)24-11-13-4-1-2-7-20-13/h1-2,4,7-10H,3,5-6,11H2,(H2,19,21,22). The van der Waals surface area contributed by atoms with Crippen molar-refractivity contribution in [2.24, 2.45) is 0 Å². The third kappa shape index (κ3) is 2.90. The van der Waals surface area contributed by atoms with E-state index in [0.29, 0.717) is 12.5 Å². The average molecular weight is 319 g/mol. The van der Waals surface area contributed by atoms with Crippen molar-refractivity contribution in [2.75, 3.05) is 5.73 Å². The molecule has 3 heterocycles. The van der Waals surface area contributed by atoms with Crippen LogP contribution >= 0.6 is 0 Å². The number of fused-ring (bicyclic) bond motifs is 1. The summed E-state index contributed by atoms with van der Waals surface area (Å²) in [5, 5.41) is 0. The fraction of sp³-hybridized carbons (Fsp3) is 0.222. The largest absolute Gasteiger partial charge is 0.471 e. The van der Waals surface area contributed by atoms with Crippen LogP contribution in [-0.4, -0.2) is 19.9 Å². The molecule has 0 bridgehead atoms. The molecule has 24 heavy (non-hydrogen) atoms. The van der Waals surface area contributed by atoms with Gasteiger partial charge in [0, 0.05) is 35.9 Å². The van der Waals surface area contributed by atoms with Gasteiger partial charge in [-0.15, -0.1) is 0 Å². The van der Waals surface area contributed by atoms with Gasteiger partial charge in [0.25, 0.3) is 0 Å². The number of hydrogen-bond acceptors (Lipinski definition) is 6. The highest BCUT2D eigenvalue weighted by Gasteiger charge is 2.20. The molecule has 6 nitrogen and oxygen atoms in total. The summed E-state index contributed by atoms with van der Waals surface area (Å²) >= 11 is 0. The van der Waals surface area contributed by atoms with Crippen molar-refractivity contribution in [2.45, 2.75) is 25.9 Å². The van der Waals surface area contributed by atoms with E-state index in [9.17, 15) is 0 Å². The van der Waals surface area contributed by atoms with Crippen LogP contribution in [0.25, 0.3) is 11.1 Å². The Hall–Kier alpha value is -3.02. The molecular weight excluding hydrogens is 302 g/mol. The molecule has 2 N–H and O–H groups in total. The van der Waals surface area contributed by atoms with Crippen molar-refractivity contribution in [3.8, 4) is 17.0 Å². The highest BCUT2D eigenvalue weighted by Crippen LogP contribution is 2.33. The Morgan fingerprint density at radius 1 is 1.08 bits per heavy atom. The van der Waals surface area contributed by atoms with Gasteiger partial charge in [-0.1, -0.05) is 6.07 Å². The van der Waals surface area contributed by atoms with Gasteiger partial charge >= 0.3 is 0 Å². The number of aryl methyl sites for hydroxylation is 1. The first-order chi connectivity index (χ1) is 11.8. The van der Waals surface area contributed by atoms with E-state index in [2.05, 4.69) is 19.9 Å². The quantitative estimate of drug-likeness (QED) is 0.795. The van der Waals surface area contributed by atoms with Crippen molar-refractivity contribution in [1.29, 1.82) is 0 Å². The molecule has 120 valence electrons. The minimum absolute atomic E-state index is 0.274. The maximum Gasteiger partial charge on any atom is 0.219 e. The number of nitrogens with zero attached hydrogens (tertiary/aromatic N) is 4. The van der Waals surface area contributed by atoms with Crippen molar-refractivity contribution in [1.82, 2.24) is 19.9 Å². The Kier molecular flexibility index (Phi) is 3.78. The molecule has 3 aromatic rings. The van der Waals surface area contributed by atoms with Gasteiger partial charge in [-0.2, -0.15) is 0 Å². The van der Waals surface area contributed by atoms with Gasteiger partial charge in [0.05, 0.1) is 5.69 Å². The Morgan fingerprint density at radius 3 is 2.75 bits per heavy atom. The van der Waals surface area contributed by atoms with Crippen molar-refractivity contribution in [3.05, 3.63) is 59.8 Å². The van der Waals surface area contributed by atoms with Gasteiger partial charge in [-0.05, 0) is 42.5 Å². The number of nitrogens with two attached hydrogens (primary N) is 1. The second kappa shape index (κ2) is 6.23. The van der Waals surface area contributed by atoms with E-state index < -0.39 is 0 Å². The molecule has 6 heteroatoms. The third-order valence-electron chi connectivity index (χ3n) is 4.10. The summed E-state index contributed by atoms with van der Waals surface area (Å²) in [5.74, 6) is 0.879. The fourth-order valence-electron chi connectivity index (χ4n) is 2.96. The number of aromatic nitrogens is 4. The van der Waals surface area contributed by atoms with Gasteiger partial charge in [0.1, 0.15) is 6.61 Å². The van der Waals surface area contributed by atoms with Crippen LogP contribution in [0.15, 0.2) is 42.9 Å². The highest BCUT2D eigenvalue weighted by atomic mass is 16.5. The summed E-state index contributed by atoms with van der Waals surface area (Å²) in [7, 11) is 0. The topological polar surface area (TPSA) is 86.8 Å². The second-order valence-corrected chi connectivity index (χ2v) is 5.73. The number of ether oxygens (including phenoxy) is 1. The summed E-state index contributed by atoms with van der Waals surface area (Å²) < 4.78 is 5.86. The Labute approximate surface area is 139 Å². The molecule has 1 aliphatic rings. The molecule has 0 radical (unpaired) electrons. The zero-order chi connectivity index (χ0) is 16.4. The lowest BCUT2D eigenvalue weighted by Gasteiger charge is -2.12. The lowest BCUT2D eigenvalue weighted by molar-refractivity contribution is 0.288. The first kappa shape index (κ1) is 14.6.